The fourth-order valence-electron chi connectivity index (χ4n) is 3.18. The Balaban J connectivity index is 0.000000534. The van der Waals surface area contributed by atoms with E-state index in [1.54, 1.807) is 12.3 Å². The summed E-state index contributed by atoms with van der Waals surface area (Å²) in [5, 5.41) is 26.2. The van der Waals surface area contributed by atoms with E-state index in [9.17, 15) is 10.1 Å². The minimum atomic E-state index is -1.82. The Kier molecular flexibility index (Phi) is 8.98. The van der Waals surface area contributed by atoms with Gasteiger partial charge in [0.1, 0.15) is 5.76 Å². The number of carboxylic acids is 2. The summed E-state index contributed by atoms with van der Waals surface area (Å²) in [6.45, 7) is 4.75. The fraction of sp³-hybridized carbons (Fsp3) is 0.400. The maximum absolute atomic E-state index is 11.4. The number of aliphatic carboxylic acids is 2. The molecule has 1 fully saturated rings. The molecule has 32 heavy (non-hydrogen) atoms. The number of rotatable bonds is 7. The van der Waals surface area contributed by atoms with Crippen molar-refractivity contribution >= 4 is 17.6 Å². The van der Waals surface area contributed by atoms with Crippen molar-refractivity contribution in [2.75, 3.05) is 40.4 Å². The molecule has 1 aliphatic heterocycles. The molecule has 174 valence electrons. The zero-order valence-corrected chi connectivity index (χ0v) is 17.7. The number of ether oxygens (including phenoxy) is 2. The number of nitrogens with zero attached hydrogens (tertiary/aromatic N) is 3. The summed E-state index contributed by atoms with van der Waals surface area (Å²) in [6.07, 6.45) is 1.68. The van der Waals surface area contributed by atoms with Crippen molar-refractivity contribution < 1.29 is 38.6 Å². The molecule has 0 aliphatic carbocycles. The average Bonchev–Trinajstić information content (AvgIpc) is 3.28. The number of nitro groups is 1. The van der Waals surface area contributed by atoms with Gasteiger partial charge in [-0.25, -0.2) is 9.59 Å². The minimum Gasteiger partial charge on any atom is -0.493 e. The van der Waals surface area contributed by atoms with Gasteiger partial charge in [-0.2, -0.15) is 0 Å². The molecule has 0 amide bonds. The number of hydrogen-bond donors (Lipinski definition) is 2. The molecule has 2 heterocycles. The fourth-order valence-corrected chi connectivity index (χ4v) is 3.18. The Morgan fingerprint density at radius 3 is 2.00 bits per heavy atom. The van der Waals surface area contributed by atoms with E-state index in [0.29, 0.717) is 23.6 Å². The lowest BCUT2D eigenvalue weighted by Gasteiger charge is -2.34. The predicted molar refractivity (Wildman–Crippen MR) is 111 cm³/mol. The van der Waals surface area contributed by atoms with E-state index >= 15 is 0 Å². The number of hydrogen-bond acceptors (Lipinski definition) is 9. The van der Waals surface area contributed by atoms with E-state index in [-0.39, 0.29) is 10.6 Å². The van der Waals surface area contributed by atoms with E-state index in [1.807, 2.05) is 12.1 Å². The molecular weight excluding hydrogens is 426 g/mol. The van der Waals surface area contributed by atoms with Crippen molar-refractivity contribution in [1.29, 1.82) is 0 Å². The molecule has 1 aromatic heterocycles. The quantitative estimate of drug-likeness (QED) is 0.359. The number of carbonyl (C=O) groups is 2. The van der Waals surface area contributed by atoms with Crippen molar-refractivity contribution in [3.05, 3.63) is 52.0 Å². The summed E-state index contributed by atoms with van der Waals surface area (Å²) in [5.41, 5.74) is 0.688. The first-order valence-electron chi connectivity index (χ1n) is 9.57. The van der Waals surface area contributed by atoms with E-state index in [4.69, 9.17) is 33.7 Å². The monoisotopic (exact) mass is 451 g/mol. The van der Waals surface area contributed by atoms with Gasteiger partial charge in [0, 0.05) is 38.3 Å². The molecule has 12 heteroatoms. The van der Waals surface area contributed by atoms with Crippen molar-refractivity contribution in [2.45, 2.75) is 13.1 Å². The van der Waals surface area contributed by atoms with Gasteiger partial charge in [-0.3, -0.25) is 19.9 Å². The second-order valence-electron chi connectivity index (χ2n) is 6.83. The molecule has 0 atom stereocenters. The molecule has 0 saturated carbocycles. The van der Waals surface area contributed by atoms with Crippen LogP contribution in [-0.2, 0) is 22.7 Å². The minimum absolute atomic E-state index is 0.0562. The predicted octanol–water partition coefficient (Wildman–Crippen LogP) is 1.68. The highest BCUT2D eigenvalue weighted by atomic mass is 16.6. The third kappa shape index (κ3) is 6.96. The second-order valence-corrected chi connectivity index (χ2v) is 6.83. The molecule has 2 aromatic rings. The van der Waals surface area contributed by atoms with E-state index in [0.717, 1.165) is 38.5 Å². The van der Waals surface area contributed by atoms with Crippen LogP contribution in [0.15, 0.2) is 34.9 Å². The van der Waals surface area contributed by atoms with Crippen LogP contribution in [0.5, 0.6) is 11.5 Å². The van der Waals surface area contributed by atoms with E-state index in [1.165, 1.54) is 20.3 Å². The van der Waals surface area contributed by atoms with E-state index < -0.39 is 11.9 Å². The Bertz CT molecular complexity index is 911. The van der Waals surface area contributed by atoms with Gasteiger partial charge in [0.15, 0.2) is 11.5 Å². The Morgan fingerprint density at radius 2 is 1.56 bits per heavy atom. The molecule has 0 radical (unpaired) electrons. The molecule has 12 nitrogen and oxygen atoms in total. The SMILES string of the molecule is COc1cc(CN2CCN(Cc3ccco3)CC2)c([N+](=O)[O-])cc1OC.O=C(O)C(=O)O. The first-order chi connectivity index (χ1) is 15.2. The third-order valence-electron chi connectivity index (χ3n) is 4.78. The van der Waals surface area contributed by atoms with Crippen LogP contribution in [0.1, 0.15) is 11.3 Å². The zero-order valence-electron chi connectivity index (χ0n) is 17.7. The van der Waals surface area contributed by atoms with Crippen LogP contribution in [0.3, 0.4) is 0 Å². The van der Waals surface area contributed by atoms with Gasteiger partial charge in [-0.15, -0.1) is 0 Å². The topological polar surface area (TPSA) is 156 Å². The summed E-state index contributed by atoms with van der Waals surface area (Å²) < 4.78 is 15.9. The number of furan rings is 1. The average molecular weight is 451 g/mol. The standard InChI is InChI=1S/C18H23N3O5.C2H2O4/c1-24-17-10-14(16(21(22)23)11-18(17)25-2)12-19-5-7-20(8-6-19)13-15-4-3-9-26-15;3-1(4)2(5)6/h3-4,9-11H,5-8,12-13H2,1-2H3;(H,3,4)(H,5,6). The molecular formula is C20H25N3O9. The largest absolute Gasteiger partial charge is 0.493 e. The van der Waals surface area contributed by atoms with Crippen LogP contribution >= 0.6 is 0 Å². The molecule has 3 rings (SSSR count). The summed E-state index contributed by atoms with van der Waals surface area (Å²) in [7, 11) is 3.00. The van der Waals surface area contributed by atoms with Gasteiger partial charge in [-0.1, -0.05) is 0 Å². The summed E-state index contributed by atoms with van der Waals surface area (Å²) >= 11 is 0. The highest BCUT2D eigenvalue weighted by Crippen LogP contribution is 2.35. The van der Waals surface area contributed by atoms with Crippen LogP contribution in [0.25, 0.3) is 0 Å². The maximum Gasteiger partial charge on any atom is 0.414 e. The smallest absolute Gasteiger partial charge is 0.414 e. The Morgan fingerprint density at radius 1 is 1.03 bits per heavy atom. The van der Waals surface area contributed by atoms with Gasteiger partial charge in [0.05, 0.1) is 38.0 Å². The van der Waals surface area contributed by atoms with Crippen LogP contribution in [0.2, 0.25) is 0 Å². The summed E-state index contributed by atoms with van der Waals surface area (Å²) in [4.78, 5) is 33.8. The number of carboxylic acid groups (broad SMARTS) is 2. The van der Waals surface area contributed by atoms with Gasteiger partial charge < -0.3 is 24.1 Å². The lowest BCUT2D eigenvalue weighted by Crippen LogP contribution is -2.45. The Labute approximate surface area is 183 Å². The molecule has 0 spiro atoms. The zero-order chi connectivity index (χ0) is 23.7. The molecule has 1 aromatic carbocycles. The second kappa shape index (κ2) is 11.7. The number of benzene rings is 1. The maximum atomic E-state index is 11.4. The van der Waals surface area contributed by atoms with Crippen LogP contribution in [0.4, 0.5) is 5.69 Å². The number of nitro benzene ring substituents is 1. The van der Waals surface area contributed by atoms with Crippen molar-refractivity contribution in [3.63, 3.8) is 0 Å². The normalized spacial score (nSPS) is 14.2. The van der Waals surface area contributed by atoms with Crippen molar-refractivity contribution in [1.82, 2.24) is 9.80 Å². The van der Waals surface area contributed by atoms with Crippen molar-refractivity contribution in [3.8, 4) is 11.5 Å². The molecule has 0 unspecified atom stereocenters. The van der Waals surface area contributed by atoms with E-state index in [2.05, 4.69) is 9.80 Å². The van der Waals surface area contributed by atoms with Crippen LogP contribution in [0, 0.1) is 10.1 Å². The molecule has 1 saturated heterocycles. The van der Waals surface area contributed by atoms with Gasteiger partial charge >= 0.3 is 11.9 Å². The number of piperazine rings is 1. The number of methoxy groups -OCH3 is 2. The third-order valence-corrected chi connectivity index (χ3v) is 4.78. The lowest BCUT2D eigenvalue weighted by molar-refractivity contribution is -0.385. The summed E-state index contributed by atoms with van der Waals surface area (Å²) in [5.74, 6) is -1.82. The highest BCUT2D eigenvalue weighted by molar-refractivity contribution is 6.27. The summed E-state index contributed by atoms with van der Waals surface area (Å²) in [6, 6.07) is 6.99. The molecule has 0 bridgehead atoms. The molecule has 1 aliphatic rings. The Hall–Kier alpha value is -3.64. The van der Waals surface area contributed by atoms with Crippen LogP contribution in [-0.4, -0.2) is 77.3 Å². The molecule has 2 N–H and O–H groups in total. The van der Waals surface area contributed by atoms with Gasteiger partial charge in [0.25, 0.3) is 5.69 Å². The highest BCUT2D eigenvalue weighted by Gasteiger charge is 2.24. The first-order valence-corrected chi connectivity index (χ1v) is 9.57. The first kappa shape index (κ1) is 24.6. The van der Waals surface area contributed by atoms with Crippen molar-refractivity contribution in [2.24, 2.45) is 0 Å². The van der Waals surface area contributed by atoms with Gasteiger partial charge in [0.2, 0.25) is 0 Å². The van der Waals surface area contributed by atoms with Crippen LogP contribution < -0.4 is 9.47 Å². The van der Waals surface area contributed by atoms with Gasteiger partial charge in [-0.05, 0) is 18.2 Å². The lowest BCUT2D eigenvalue weighted by atomic mass is 10.1.